The van der Waals surface area contributed by atoms with Crippen molar-refractivity contribution in [1.82, 2.24) is 9.21 Å². The number of nitrogens with zero attached hydrogens (tertiary/aromatic N) is 2. The lowest BCUT2D eigenvalue weighted by molar-refractivity contribution is 0.181. The summed E-state index contributed by atoms with van der Waals surface area (Å²) in [6.07, 6.45) is 3.19. The minimum atomic E-state index is -3.40. The molecule has 144 valence electrons. The highest BCUT2D eigenvalue weighted by Gasteiger charge is 2.29. The van der Waals surface area contributed by atoms with Crippen LogP contribution in [0.5, 0.6) is 5.75 Å². The molecule has 4 rings (SSSR count). The van der Waals surface area contributed by atoms with Gasteiger partial charge in [0.05, 0.1) is 12.0 Å². The number of fused-ring (bicyclic) bond motifs is 1. The van der Waals surface area contributed by atoms with Crippen molar-refractivity contribution in [3.05, 3.63) is 59.2 Å². The van der Waals surface area contributed by atoms with Crippen LogP contribution in [0, 0.1) is 0 Å². The molecule has 0 amide bonds. The second-order valence-electron chi connectivity index (χ2n) is 7.32. The van der Waals surface area contributed by atoms with Crippen LogP contribution in [0.1, 0.15) is 23.1 Å². The van der Waals surface area contributed by atoms with E-state index in [2.05, 4.69) is 11.0 Å². The number of sulfonamides is 1. The second kappa shape index (κ2) is 7.62. The van der Waals surface area contributed by atoms with Gasteiger partial charge in [-0.2, -0.15) is 4.31 Å². The van der Waals surface area contributed by atoms with Crippen molar-refractivity contribution in [3.63, 3.8) is 0 Å². The fourth-order valence-corrected chi connectivity index (χ4v) is 5.49. The van der Waals surface area contributed by atoms with Crippen LogP contribution in [0.2, 0.25) is 0 Å². The molecular weight excluding hydrogens is 360 g/mol. The Morgan fingerprint density at radius 2 is 1.74 bits per heavy atom. The largest absolute Gasteiger partial charge is 0.497 e. The number of rotatable bonds is 5. The van der Waals surface area contributed by atoms with Gasteiger partial charge in [0.15, 0.2) is 0 Å². The Balaban J connectivity index is 1.41. The zero-order valence-corrected chi connectivity index (χ0v) is 16.5. The maximum absolute atomic E-state index is 13.0. The topological polar surface area (TPSA) is 49.9 Å². The van der Waals surface area contributed by atoms with E-state index < -0.39 is 10.0 Å². The predicted octanol–water partition coefficient (Wildman–Crippen LogP) is 2.69. The summed E-state index contributed by atoms with van der Waals surface area (Å²) in [5.41, 5.74) is 3.69. The monoisotopic (exact) mass is 386 g/mol. The summed E-state index contributed by atoms with van der Waals surface area (Å²) in [7, 11) is -1.74. The highest BCUT2D eigenvalue weighted by atomic mass is 32.2. The van der Waals surface area contributed by atoms with Gasteiger partial charge in [0.1, 0.15) is 5.75 Å². The van der Waals surface area contributed by atoms with E-state index in [1.165, 1.54) is 16.7 Å². The van der Waals surface area contributed by atoms with Gasteiger partial charge in [-0.3, -0.25) is 4.90 Å². The van der Waals surface area contributed by atoms with Crippen molar-refractivity contribution >= 4 is 10.0 Å². The van der Waals surface area contributed by atoms with Crippen molar-refractivity contribution in [2.45, 2.75) is 30.7 Å². The van der Waals surface area contributed by atoms with Gasteiger partial charge < -0.3 is 4.74 Å². The Kier molecular flexibility index (Phi) is 5.21. The van der Waals surface area contributed by atoms with Gasteiger partial charge in [-0.15, -0.1) is 0 Å². The first-order valence-electron chi connectivity index (χ1n) is 9.53. The summed E-state index contributed by atoms with van der Waals surface area (Å²) in [5, 5.41) is 0. The Bertz CT molecular complexity index is 919. The summed E-state index contributed by atoms with van der Waals surface area (Å²) in [5.74, 6) is 0.852. The Labute approximate surface area is 161 Å². The van der Waals surface area contributed by atoms with E-state index in [4.69, 9.17) is 4.74 Å². The highest BCUT2D eigenvalue weighted by Crippen LogP contribution is 2.27. The highest BCUT2D eigenvalue weighted by molar-refractivity contribution is 7.89. The molecule has 2 aromatic rings. The standard InChI is InChI=1S/C21H26N2O3S/c1-26-20-7-2-4-17(14-20)16-22-10-12-23(13-11-22)27(24,25)21-9-8-18-5-3-6-19(18)15-21/h2,4,7-9,14-15H,3,5-6,10-13,16H2,1H3. The zero-order chi connectivity index (χ0) is 18.9. The van der Waals surface area contributed by atoms with Crippen molar-refractivity contribution < 1.29 is 13.2 Å². The maximum atomic E-state index is 13.0. The number of piperazine rings is 1. The van der Waals surface area contributed by atoms with Gasteiger partial charge in [0.2, 0.25) is 10.0 Å². The van der Waals surface area contributed by atoms with E-state index in [1.54, 1.807) is 17.5 Å². The van der Waals surface area contributed by atoms with E-state index in [9.17, 15) is 8.42 Å². The van der Waals surface area contributed by atoms with Gasteiger partial charge >= 0.3 is 0 Å². The number of methoxy groups -OCH3 is 1. The van der Waals surface area contributed by atoms with Crippen LogP contribution in [0.3, 0.4) is 0 Å². The molecule has 5 nitrogen and oxygen atoms in total. The molecule has 0 atom stereocenters. The van der Waals surface area contributed by atoms with Crippen molar-refractivity contribution in [3.8, 4) is 5.75 Å². The number of hydrogen-bond donors (Lipinski definition) is 0. The number of hydrogen-bond acceptors (Lipinski definition) is 4. The lowest BCUT2D eigenvalue weighted by Crippen LogP contribution is -2.48. The average Bonchev–Trinajstić information content (AvgIpc) is 3.16. The van der Waals surface area contributed by atoms with Crippen LogP contribution in [0.25, 0.3) is 0 Å². The third-order valence-electron chi connectivity index (χ3n) is 5.58. The van der Waals surface area contributed by atoms with Crippen LogP contribution in [0.15, 0.2) is 47.4 Å². The molecule has 0 N–H and O–H groups in total. The smallest absolute Gasteiger partial charge is 0.243 e. The third-order valence-corrected chi connectivity index (χ3v) is 7.47. The molecule has 1 fully saturated rings. The first kappa shape index (κ1) is 18.5. The van der Waals surface area contributed by atoms with Crippen LogP contribution < -0.4 is 4.74 Å². The average molecular weight is 387 g/mol. The maximum Gasteiger partial charge on any atom is 0.243 e. The summed E-state index contributed by atoms with van der Waals surface area (Å²) in [6.45, 7) is 3.35. The lowest BCUT2D eigenvalue weighted by Gasteiger charge is -2.34. The van der Waals surface area contributed by atoms with Gasteiger partial charge in [-0.05, 0) is 60.2 Å². The van der Waals surface area contributed by atoms with E-state index in [-0.39, 0.29) is 0 Å². The quantitative estimate of drug-likeness (QED) is 0.793. The molecule has 0 saturated carbocycles. The lowest BCUT2D eigenvalue weighted by atomic mass is 10.1. The molecule has 0 radical (unpaired) electrons. The molecule has 6 heteroatoms. The first-order valence-corrected chi connectivity index (χ1v) is 11.0. The minimum absolute atomic E-state index is 0.449. The van der Waals surface area contributed by atoms with Crippen LogP contribution in [-0.4, -0.2) is 50.9 Å². The van der Waals surface area contributed by atoms with Crippen molar-refractivity contribution in [2.75, 3.05) is 33.3 Å². The molecule has 0 spiro atoms. The fourth-order valence-electron chi connectivity index (χ4n) is 4.01. The van der Waals surface area contributed by atoms with E-state index in [1.807, 2.05) is 30.3 Å². The van der Waals surface area contributed by atoms with Gasteiger partial charge in [0.25, 0.3) is 0 Å². The van der Waals surface area contributed by atoms with E-state index in [0.29, 0.717) is 18.0 Å². The number of benzene rings is 2. The van der Waals surface area contributed by atoms with Gasteiger partial charge in [-0.25, -0.2) is 8.42 Å². The molecular formula is C21H26N2O3S. The second-order valence-corrected chi connectivity index (χ2v) is 9.25. The van der Waals surface area contributed by atoms with Gasteiger partial charge in [-0.1, -0.05) is 18.2 Å². The number of ether oxygens (including phenoxy) is 1. The summed E-state index contributed by atoms with van der Waals surface area (Å²) >= 11 is 0. The summed E-state index contributed by atoms with van der Waals surface area (Å²) < 4.78 is 33.0. The molecule has 1 saturated heterocycles. The SMILES string of the molecule is COc1cccc(CN2CCN(S(=O)(=O)c3ccc4c(c3)CCC4)CC2)c1. The van der Waals surface area contributed by atoms with Crippen LogP contribution in [0.4, 0.5) is 0 Å². The minimum Gasteiger partial charge on any atom is -0.497 e. The number of aryl methyl sites for hydroxylation is 2. The van der Waals surface area contributed by atoms with Gasteiger partial charge in [0, 0.05) is 32.7 Å². The molecule has 1 aliphatic carbocycles. The normalized spacial score (nSPS) is 18.4. The molecule has 0 unspecified atom stereocenters. The molecule has 0 aromatic heterocycles. The summed E-state index contributed by atoms with van der Waals surface area (Å²) in [4.78, 5) is 2.74. The van der Waals surface area contributed by atoms with E-state index in [0.717, 1.165) is 44.6 Å². The van der Waals surface area contributed by atoms with Crippen molar-refractivity contribution in [1.29, 1.82) is 0 Å². The Morgan fingerprint density at radius 1 is 0.963 bits per heavy atom. The van der Waals surface area contributed by atoms with Crippen LogP contribution >= 0.6 is 0 Å². The molecule has 2 aliphatic rings. The molecule has 1 aliphatic heterocycles. The third kappa shape index (κ3) is 3.88. The Morgan fingerprint density at radius 3 is 2.52 bits per heavy atom. The first-order chi connectivity index (χ1) is 13.1. The molecule has 1 heterocycles. The predicted molar refractivity (Wildman–Crippen MR) is 105 cm³/mol. The summed E-state index contributed by atoms with van der Waals surface area (Å²) in [6, 6.07) is 13.7. The van der Waals surface area contributed by atoms with Crippen LogP contribution in [-0.2, 0) is 29.4 Å². The zero-order valence-electron chi connectivity index (χ0n) is 15.7. The van der Waals surface area contributed by atoms with E-state index >= 15 is 0 Å². The fraction of sp³-hybridized carbons (Fsp3) is 0.429. The molecule has 2 aromatic carbocycles. The van der Waals surface area contributed by atoms with Crippen molar-refractivity contribution in [2.24, 2.45) is 0 Å². The Hall–Kier alpha value is -1.89. The molecule has 0 bridgehead atoms. The molecule has 27 heavy (non-hydrogen) atoms.